The number of carbonyl (C=O) groups is 1. The van der Waals surface area contributed by atoms with Crippen molar-refractivity contribution in [1.82, 2.24) is 9.78 Å². The molecule has 168 valence electrons. The van der Waals surface area contributed by atoms with Gasteiger partial charge in [-0.2, -0.15) is 10.4 Å². The van der Waals surface area contributed by atoms with E-state index in [2.05, 4.69) is 25.0 Å². The van der Waals surface area contributed by atoms with Crippen molar-refractivity contribution in [2.24, 2.45) is 46.8 Å². The summed E-state index contributed by atoms with van der Waals surface area (Å²) < 4.78 is 1.65. The zero-order chi connectivity index (χ0) is 22.0. The fourth-order valence-corrected chi connectivity index (χ4v) is 8.90. The van der Waals surface area contributed by atoms with Crippen molar-refractivity contribution in [2.75, 3.05) is 0 Å². The molecule has 5 rings (SSSR count). The lowest BCUT2D eigenvalue weighted by Gasteiger charge is -2.56. The van der Waals surface area contributed by atoms with Crippen molar-refractivity contribution in [2.45, 2.75) is 84.3 Å². The molecule has 0 unspecified atom stereocenters. The molecule has 0 aliphatic heterocycles. The molecule has 0 bridgehead atoms. The first kappa shape index (κ1) is 21.2. The highest BCUT2D eigenvalue weighted by Crippen LogP contribution is 2.66. The molecular formula is C26H37N3O2. The Morgan fingerprint density at radius 3 is 2.74 bits per heavy atom. The van der Waals surface area contributed by atoms with Crippen molar-refractivity contribution >= 4 is 5.78 Å². The number of fused-ring (bicyclic) bond motifs is 5. The minimum absolute atomic E-state index is 0.0931. The van der Waals surface area contributed by atoms with Gasteiger partial charge in [0.25, 0.3) is 0 Å². The van der Waals surface area contributed by atoms with Gasteiger partial charge in [-0.25, -0.2) is 0 Å². The summed E-state index contributed by atoms with van der Waals surface area (Å²) in [6, 6.07) is 2.10. The number of hydrogen-bond donors (Lipinski definition) is 1. The molecule has 1 heterocycles. The van der Waals surface area contributed by atoms with E-state index in [1.807, 2.05) is 6.92 Å². The number of hydrogen-bond acceptors (Lipinski definition) is 4. The molecule has 1 aromatic heterocycles. The van der Waals surface area contributed by atoms with Crippen LogP contribution < -0.4 is 0 Å². The normalized spacial score (nSPS) is 46.5. The number of carbonyl (C=O) groups excluding carboxylic acids is 1. The van der Waals surface area contributed by atoms with Gasteiger partial charge < -0.3 is 5.11 Å². The van der Waals surface area contributed by atoms with E-state index < -0.39 is 5.60 Å². The van der Waals surface area contributed by atoms with E-state index in [-0.39, 0.29) is 17.9 Å². The zero-order valence-electron chi connectivity index (χ0n) is 19.3. The summed E-state index contributed by atoms with van der Waals surface area (Å²) in [6.07, 6.45) is 12.5. The van der Waals surface area contributed by atoms with Crippen molar-refractivity contribution in [3.63, 3.8) is 0 Å². The van der Waals surface area contributed by atoms with Crippen LogP contribution in [0.25, 0.3) is 0 Å². The summed E-state index contributed by atoms with van der Waals surface area (Å²) >= 11 is 0. The molecule has 4 fully saturated rings. The van der Waals surface area contributed by atoms with Gasteiger partial charge in [0, 0.05) is 12.1 Å². The smallest absolute Gasteiger partial charge is 0.158 e. The quantitative estimate of drug-likeness (QED) is 0.771. The van der Waals surface area contributed by atoms with Gasteiger partial charge in [-0.05, 0) is 99.2 Å². The fraction of sp³-hybridized carbons (Fsp3) is 0.808. The number of nitriles is 1. The Hall–Kier alpha value is -1.67. The molecule has 5 heteroatoms. The van der Waals surface area contributed by atoms with Gasteiger partial charge in [0.1, 0.15) is 6.07 Å². The standard InChI is InChI=1S/C26H37N3O2/c1-16-10-22-21-5-4-18-11-25(2,31)8-6-19(18)20(21)7-9-26(22,3)24(16)23(30)15-29-14-17(12-27)13-28-29/h13-14,16,18-22,24,31H,4-11,15H2,1-3H3/t16-,18+,19+,20-,21-,22+,24-,25-,26+/m1/s1. The Morgan fingerprint density at radius 2 is 2.00 bits per heavy atom. The fourth-order valence-electron chi connectivity index (χ4n) is 8.90. The molecule has 0 radical (unpaired) electrons. The van der Waals surface area contributed by atoms with E-state index in [0.29, 0.717) is 29.1 Å². The average molecular weight is 424 g/mol. The number of Topliss-reactive ketones (excluding diaryl/α,β-unsaturated/α-hetero) is 1. The van der Waals surface area contributed by atoms with E-state index >= 15 is 0 Å². The van der Waals surface area contributed by atoms with Crippen LogP contribution in [0.5, 0.6) is 0 Å². The third-order valence-electron chi connectivity index (χ3n) is 10.0. The Bertz CT molecular complexity index is 899. The Kier molecular flexibility index (Phi) is 5.09. The summed E-state index contributed by atoms with van der Waals surface area (Å²) in [5.41, 5.74) is 0.143. The Balaban J connectivity index is 1.34. The summed E-state index contributed by atoms with van der Waals surface area (Å²) in [4.78, 5) is 13.5. The van der Waals surface area contributed by atoms with Gasteiger partial charge in [0.2, 0.25) is 0 Å². The number of rotatable bonds is 3. The molecular weight excluding hydrogens is 386 g/mol. The molecule has 1 N–H and O–H groups in total. The molecule has 4 saturated carbocycles. The van der Waals surface area contributed by atoms with Crippen molar-refractivity contribution in [1.29, 1.82) is 5.26 Å². The maximum atomic E-state index is 13.5. The molecule has 0 saturated heterocycles. The highest BCUT2D eigenvalue weighted by molar-refractivity contribution is 5.82. The predicted octanol–water partition coefficient (Wildman–Crippen LogP) is 4.59. The number of ketones is 1. The van der Waals surface area contributed by atoms with Gasteiger partial charge in [-0.3, -0.25) is 9.48 Å². The maximum Gasteiger partial charge on any atom is 0.158 e. The molecule has 4 aliphatic rings. The zero-order valence-corrected chi connectivity index (χ0v) is 19.3. The summed E-state index contributed by atoms with van der Waals surface area (Å²) in [7, 11) is 0. The first-order valence-corrected chi connectivity index (χ1v) is 12.4. The van der Waals surface area contributed by atoms with Crippen LogP contribution in [0.1, 0.15) is 77.7 Å². The Morgan fingerprint density at radius 1 is 1.23 bits per heavy atom. The monoisotopic (exact) mass is 423 g/mol. The summed E-state index contributed by atoms with van der Waals surface area (Å²) in [5, 5.41) is 23.9. The first-order valence-electron chi connectivity index (χ1n) is 12.4. The first-order chi connectivity index (χ1) is 14.7. The summed E-state index contributed by atoms with van der Waals surface area (Å²) in [6.45, 7) is 7.00. The van der Waals surface area contributed by atoms with E-state index in [4.69, 9.17) is 5.26 Å². The second kappa shape index (κ2) is 7.44. The van der Waals surface area contributed by atoms with Crippen LogP contribution in [-0.4, -0.2) is 26.3 Å². The van der Waals surface area contributed by atoms with Gasteiger partial charge in [-0.15, -0.1) is 0 Å². The van der Waals surface area contributed by atoms with Crippen molar-refractivity contribution in [3.05, 3.63) is 18.0 Å². The van der Waals surface area contributed by atoms with Crippen LogP contribution >= 0.6 is 0 Å². The van der Waals surface area contributed by atoms with Crippen molar-refractivity contribution in [3.8, 4) is 6.07 Å². The SMILES string of the molecule is C[C@@H]1C[C@H]2[C@@H]3CC[C@H]4C[C@](C)(O)CC[C@@H]4[C@H]3CC[C@]2(C)[C@H]1C(=O)Cn1cc(C#N)cn1. The molecule has 31 heavy (non-hydrogen) atoms. The Labute approximate surface area is 186 Å². The van der Waals surface area contributed by atoms with Crippen LogP contribution in [-0.2, 0) is 11.3 Å². The van der Waals surface area contributed by atoms with E-state index in [1.165, 1.54) is 32.1 Å². The average Bonchev–Trinajstić information content (AvgIpc) is 3.27. The van der Waals surface area contributed by atoms with Crippen LogP contribution in [0, 0.1) is 58.2 Å². The lowest BCUT2D eigenvalue weighted by atomic mass is 9.49. The van der Waals surface area contributed by atoms with E-state index in [0.717, 1.165) is 37.0 Å². The van der Waals surface area contributed by atoms with Crippen LogP contribution in [0.2, 0.25) is 0 Å². The molecule has 9 atom stereocenters. The highest BCUT2D eigenvalue weighted by Gasteiger charge is 2.60. The van der Waals surface area contributed by atoms with Crippen LogP contribution in [0.15, 0.2) is 12.4 Å². The maximum absolute atomic E-state index is 13.5. The molecule has 0 spiro atoms. The largest absolute Gasteiger partial charge is 0.390 e. The number of aliphatic hydroxyl groups is 1. The highest BCUT2D eigenvalue weighted by atomic mass is 16.3. The summed E-state index contributed by atoms with van der Waals surface area (Å²) in [5.74, 6) is 4.46. The number of nitrogens with zero attached hydrogens (tertiary/aromatic N) is 3. The third-order valence-corrected chi connectivity index (χ3v) is 10.0. The van der Waals surface area contributed by atoms with Crippen LogP contribution in [0.3, 0.4) is 0 Å². The third kappa shape index (κ3) is 3.46. The molecule has 1 aromatic rings. The predicted molar refractivity (Wildman–Crippen MR) is 118 cm³/mol. The van der Waals surface area contributed by atoms with E-state index in [9.17, 15) is 9.90 Å². The van der Waals surface area contributed by atoms with Crippen LogP contribution in [0.4, 0.5) is 0 Å². The minimum Gasteiger partial charge on any atom is -0.390 e. The van der Waals surface area contributed by atoms with Gasteiger partial charge in [-0.1, -0.05) is 13.8 Å². The van der Waals surface area contributed by atoms with E-state index in [1.54, 1.807) is 17.1 Å². The van der Waals surface area contributed by atoms with Gasteiger partial charge in [0.15, 0.2) is 5.78 Å². The molecule has 5 nitrogen and oxygen atoms in total. The van der Waals surface area contributed by atoms with Gasteiger partial charge >= 0.3 is 0 Å². The molecule has 0 aromatic carbocycles. The molecule has 4 aliphatic carbocycles. The second-order valence-electron chi connectivity index (χ2n) is 11.9. The molecule has 0 amide bonds. The minimum atomic E-state index is -0.464. The number of aromatic nitrogens is 2. The van der Waals surface area contributed by atoms with Gasteiger partial charge in [0.05, 0.1) is 23.9 Å². The topological polar surface area (TPSA) is 78.9 Å². The second-order valence-corrected chi connectivity index (χ2v) is 11.9. The lowest BCUT2D eigenvalue weighted by Crippen LogP contribution is -2.51. The van der Waals surface area contributed by atoms with Crippen molar-refractivity contribution < 1.29 is 9.90 Å². The lowest BCUT2D eigenvalue weighted by molar-refractivity contribution is -0.134.